The fraction of sp³-hybridized carbons (Fsp3) is 0.900. The zero-order valence-electron chi connectivity index (χ0n) is 24.4. The highest BCUT2D eigenvalue weighted by atomic mass is 32.2. The lowest BCUT2D eigenvalue weighted by Gasteiger charge is -2.22. The van der Waals surface area contributed by atoms with Crippen molar-refractivity contribution in [3.05, 3.63) is 12.2 Å². The molecule has 0 saturated heterocycles. The van der Waals surface area contributed by atoms with Crippen LogP contribution in [0.4, 0.5) is 0 Å². The Balaban J connectivity index is 4.18. The Labute approximate surface area is 234 Å². The smallest absolute Gasteiger partial charge is 0.267 e. The Hall–Kier alpha value is -0.960. The molecule has 3 atom stereocenters. The lowest BCUT2D eigenvalue weighted by atomic mass is 10.0. The number of hydrogen-bond donors (Lipinski definition) is 4. The van der Waals surface area contributed by atoms with Gasteiger partial charge in [-0.05, 0) is 19.3 Å². The number of rotatable bonds is 27. The Kier molecular flexibility index (Phi) is 24.4. The third-order valence-electron chi connectivity index (χ3n) is 7.07. The van der Waals surface area contributed by atoms with Gasteiger partial charge in [0.2, 0.25) is 5.91 Å². The fourth-order valence-electron chi connectivity index (χ4n) is 4.63. The lowest BCUT2D eigenvalue weighted by Crippen LogP contribution is -2.50. The first-order chi connectivity index (χ1) is 18.2. The maximum Gasteiger partial charge on any atom is 0.267 e. The molecule has 0 spiro atoms. The average Bonchev–Trinajstić information content (AvgIpc) is 2.86. The molecular weight excluding hydrogens is 502 g/mol. The molecule has 0 rings (SSSR count). The Morgan fingerprint density at radius 2 is 1.13 bits per heavy atom. The highest BCUT2D eigenvalue weighted by molar-refractivity contribution is 7.85. The van der Waals surface area contributed by atoms with Crippen LogP contribution < -0.4 is 5.32 Å². The molecule has 0 radical (unpaired) electrons. The quantitative estimate of drug-likeness (QED) is 0.0493. The van der Waals surface area contributed by atoms with Gasteiger partial charge in [-0.15, -0.1) is 0 Å². The summed E-state index contributed by atoms with van der Waals surface area (Å²) in [6.45, 7) is 4.41. The van der Waals surface area contributed by atoms with Crippen molar-refractivity contribution in [2.24, 2.45) is 0 Å². The molecule has 0 saturated carbocycles. The van der Waals surface area contributed by atoms with Crippen LogP contribution >= 0.6 is 0 Å². The molecule has 0 aliphatic carbocycles. The summed E-state index contributed by atoms with van der Waals surface area (Å²) in [6, 6.07) is -1.22. The number of nitrogens with one attached hydrogen (secondary N) is 1. The summed E-state index contributed by atoms with van der Waals surface area (Å²) in [5, 5.41) is 23.1. The van der Waals surface area contributed by atoms with E-state index in [0.29, 0.717) is 6.42 Å². The van der Waals surface area contributed by atoms with Crippen molar-refractivity contribution >= 4 is 16.0 Å². The number of carbonyl (C=O) groups excluding carboxylic acids is 1. The van der Waals surface area contributed by atoms with Gasteiger partial charge in [-0.3, -0.25) is 9.35 Å². The molecule has 4 N–H and O–H groups in total. The summed E-state index contributed by atoms with van der Waals surface area (Å²) in [5.41, 5.74) is 0. The molecule has 0 aliphatic rings. The van der Waals surface area contributed by atoms with Crippen molar-refractivity contribution < 1.29 is 28.0 Å². The first-order valence-electron chi connectivity index (χ1n) is 15.5. The highest BCUT2D eigenvalue weighted by Crippen LogP contribution is 2.14. The zero-order chi connectivity index (χ0) is 28.5. The normalized spacial score (nSPS) is 14.6. The SMILES string of the molecule is CCCCCCCC/C=C/C(O)C(CS(=O)(=O)O)NC(=O)C(O)CCCCCCCCCCCCCCC. The van der Waals surface area contributed by atoms with Crippen LogP contribution in [-0.4, -0.2) is 53.1 Å². The standard InChI is InChI=1S/C30H59NO6S/c1-3-5-7-9-11-13-14-15-16-17-19-21-23-25-29(33)30(34)31-27(26-38(35,36)37)28(32)24-22-20-18-12-10-8-6-4-2/h22,24,27-29,32-33H,3-21,23,25-26H2,1-2H3,(H,31,34)(H,35,36,37)/b24-22+. The van der Waals surface area contributed by atoms with Crippen LogP contribution in [0.25, 0.3) is 0 Å². The van der Waals surface area contributed by atoms with Crippen molar-refractivity contribution in [1.29, 1.82) is 0 Å². The molecule has 226 valence electrons. The first-order valence-corrected chi connectivity index (χ1v) is 17.1. The van der Waals surface area contributed by atoms with Crippen LogP contribution in [0.15, 0.2) is 12.2 Å². The molecular formula is C30H59NO6S. The van der Waals surface area contributed by atoms with Gasteiger partial charge in [0.05, 0.1) is 17.9 Å². The van der Waals surface area contributed by atoms with Gasteiger partial charge in [-0.25, -0.2) is 0 Å². The predicted octanol–water partition coefficient (Wildman–Crippen LogP) is 6.87. The second-order valence-electron chi connectivity index (χ2n) is 10.9. The number of aliphatic hydroxyl groups is 2. The van der Waals surface area contributed by atoms with Crippen molar-refractivity contribution in [3.8, 4) is 0 Å². The van der Waals surface area contributed by atoms with Crippen LogP contribution in [-0.2, 0) is 14.9 Å². The molecule has 0 heterocycles. The number of carbonyl (C=O) groups is 1. The molecule has 0 bridgehead atoms. The second-order valence-corrected chi connectivity index (χ2v) is 12.4. The van der Waals surface area contributed by atoms with Gasteiger partial charge < -0.3 is 15.5 Å². The third-order valence-corrected chi connectivity index (χ3v) is 7.85. The van der Waals surface area contributed by atoms with E-state index in [4.69, 9.17) is 0 Å². The summed E-state index contributed by atoms with van der Waals surface area (Å²) in [4.78, 5) is 12.4. The van der Waals surface area contributed by atoms with Crippen LogP contribution in [0.1, 0.15) is 149 Å². The maximum atomic E-state index is 12.4. The number of unbranched alkanes of at least 4 members (excludes halogenated alkanes) is 18. The predicted molar refractivity (Wildman–Crippen MR) is 158 cm³/mol. The van der Waals surface area contributed by atoms with Crippen molar-refractivity contribution in [3.63, 3.8) is 0 Å². The molecule has 0 aliphatic heterocycles. The average molecular weight is 562 g/mol. The zero-order valence-corrected chi connectivity index (χ0v) is 25.2. The van der Waals surface area contributed by atoms with Gasteiger partial charge in [-0.2, -0.15) is 8.42 Å². The largest absolute Gasteiger partial charge is 0.387 e. The van der Waals surface area contributed by atoms with E-state index in [2.05, 4.69) is 19.2 Å². The fourth-order valence-corrected chi connectivity index (χ4v) is 5.36. The number of aliphatic hydroxyl groups excluding tert-OH is 2. The molecule has 0 aromatic carbocycles. The van der Waals surface area contributed by atoms with E-state index < -0.39 is 40.0 Å². The molecule has 0 aromatic heterocycles. The second kappa shape index (κ2) is 25.0. The van der Waals surface area contributed by atoms with Crippen LogP contribution in [0.2, 0.25) is 0 Å². The van der Waals surface area contributed by atoms with E-state index in [9.17, 15) is 28.0 Å². The van der Waals surface area contributed by atoms with Crippen molar-refractivity contribution in [2.45, 2.75) is 167 Å². The monoisotopic (exact) mass is 561 g/mol. The van der Waals surface area contributed by atoms with E-state index in [1.54, 1.807) is 6.08 Å². The van der Waals surface area contributed by atoms with Crippen molar-refractivity contribution in [2.75, 3.05) is 5.75 Å². The van der Waals surface area contributed by atoms with Gasteiger partial charge >= 0.3 is 0 Å². The molecule has 1 amide bonds. The number of allylic oxidation sites excluding steroid dienone is 1. The van der Waals surface area contributed by atoms with Gasteiger partial charge in [0, 0.05) is 0 Å². The van der Waals surface area contributed by atoms with Crippen molar-refractivity contribution in [1.82, 2.24) is 5.32 Å². The molecule has 38 heavy (non-hydrogen) atoms. The summed E-state index contributed by atoms with van der Waals surface area (Å²) >= 11 is 0. The first kappa shape index (κ1) is 37.0. The van der Waals surface area contributed by atoms with E-state index in [1.165, 1.54) is 89.5 Å². The summed E-state index contributed by atoms with van der Waals surface area (Å²) < 4.78 is 32.1. The van der Waals surface area contributed by atoms with Gasteiger partial charge in [0.15, 0.2) is 0 Å². The lowest BCUT2D eigenvalue weighted by molar-refractivity contribution is -0.130. The van der Waals surface area contributed by atoms with E-state index in [1.807, 2.05) is 0 Å². The Bertz CT molecular complexity index is 682. The van der Waals surface area contributed by atoms with Gasteiger partial charge in [-0.1, -0.05) is 142 Å². The van der Waals surface area contributed by atoms with Crippen LogP contribution in [0.5, 0.6) is 0 Å². The summed E-state index contributed by atoms with van der Waals surface area (Å²) in [7, 11) is -4.42. The third kappa shape index (κ3) is 24.1. The van der Waals surface area contributed by atoms with E-state index in [0.717, 1.165) is 38.5 Å². The minimum absolute atomic E-state index is 0.284. The molecule has 8 heteroatoms. The van der Waals surface area contributed by atoms with Crippen LogP contribution in [0.3, 0.4) is 0 Å². The minimum atomic E-state index is -4.42. The summed E-state index contributed by atoms with van der Waals surface area (Å²) in [5.74, 6) is -1.53. The van der Waals surface area contributed by atoms with E-state index >= 15 is 0 Å². The molecule has 3 unspecified atom stereocenters. The maximum absolute atomic E-state index is 12.4. The highest BCUT2D eigenvalue weighted by Gasteiger charge is 2.27. The van der Waals surface area contributed by atoms with E-state index in [-0.39, 0.29) is 6.42 Å². The minimum Gasteiger partial charge on any atom is -0.387 e. The Morgan fingerprint density at radius 1 is 0.711 bits per heavy atom. The topological polar surface area (TPSA) is 124 Å². The van der Waals surface area contributed by atoms with Gasteiger partial charge in [0.1, 0.15) is 6.10 Å². The van der Waals surface area contributed by atoms with Gasteiger partial charge in [0.25, 0.3) is 10.1 Å². The van der Waals surface area contributed by atoms with Crippen LogP contribution in [0, 0.1) is 0 Å². The molecule has 0 fully saturated rings. The number of hydrogen-bond acceptors (Lipinski definition) is 5. The Morgan fingerprint density at radius 3 is 1.58 bits per heavy atom. The summed E-state index contributed by atoms with van der Waals surface area (Å²) in [6.07, 6.45) is 24.3. The molecule has 0 aromatic rings. The number of amides is 1. The molecule has 7 nitrogen and oxygen atoms in total.